The fourth-order valence-electron chi connectivity index (χ4n) is 1.77. The van der Waals surface area contributed by atoms with Gasteiger partial charge in [0.15, 0.2) is 0 Å². The smallest absolute Gasteiger partial charge is 0.418 e. The molecule has 0 aromatic heterocycles. The Bertz CT molecular complexity index is 135. The molecule has 1 nitrogen and oxygen atoms in total. The summed E-state index contributed by atoms with van der Waals surface area (Å²) < 4.78 is 39.0. The highest BCUT2D eigenvalue weighted by atomic mass is 19.5. The maximum atomic E-state index is 9.75. The molecule has 0 aromatic rings. The number of hydrogen-bond donors (Lipinski definition) is 0. The van der Waals surface area contributed by atoms with Crippen molar-refractivity contribution in [1.82, 2.24) is 4.90 Å². The first-order chi connectivity index (χ1) is 6.38. The van der Waals surface area contributed by atoms with Crippen molar-refractivity contribution in [3.8, 4) is 0 Å². The zero-order valence-electron chi connectivity index (χ0n) is 8.65. The molecule has 1 saturated heterocycles. The topological polar surface area (TPSA) is 3.24 Å². The Hall–Kier alpha value is -0.255. The van der Waals surface area contributed by atoms with Crippen LogP contribution in [-0.2, 0) is 0 Å². The average Bonchev–Trinajstić information content (AvgIpc) is 2.47. The van der Waals surface area contributed by atoms with Gasteiger partial charge < -0.3 is 22.2 Å². The standard InChI is InChI=1S/C8H17N.BF4/c1-3-8-6-5-7-9(8)4-2;2-1(3,4)5/h8H,3-7H2,1-2H3;/q;-1. The number of nitrogens with zero attached hydrogens (tertiary/aromatic N) is 1. The lowest BCUT2D eigenvalue weighted by Gasteiger charge is -2.20. The molecule has 0 saturated carbocycles. The Labute approximate surface area is 82.6 Å². The Kier molecular flexibility index (Phi) is 6.16. The van der Waals surface area contributed by atoms with E-state index >= 15 is 0 Å². The minimum absolute atomic E-state index is 0.912. The van der Waals surface area contributed by atoms with E-state index in [9.17, 15) is 17.3 Å². The minimum Gasteiger partial charge on any atom is -0.418 e. The first-order valence-corrected chi connectivity index (χ1v) is 4.99. The number of halogens is 4. The molecule has 86 valence electrons. The quantitative estimate of drug-likeness (QED) is 0.504. The monoisotopic (exact) mass is 214 g/mol. The molecule has 14 heavy (non-hydrogen) atoms. The van der Waals surface area contributed by atoms with Crippen molar-refractivity contribution >= 4 is 7.25 Å². The van der Waals surface area contributed by atoms with Crippen molar-refractivity contribution in [2.45, 2.75) is 39.2 Å². The summed E-state index contributed by atoms with van der Waals surface area (Å²) in [7, 11) is -6.00. The largest absolute Gasteiger partial charge is 0.673 e. The van der Waals surface area contributed by atoms with Crippen molar-refractivity contribution in [2.24, 2.45) is 0 Å². The Morgan fingerprint density at radius 1 is 1.21 bits per heavy atom. The van der Waals surface area contributed by atoms with Gasteiger partial charge in [-0.1, -0.05) is 13.8 Å². The molecule has 1 aliphatic rings. The summed E-state index contributed by atoms with van der Waals surface area (Å²) >= 11 is 0. The molecule has 0 amide bonds. The Balaban J connectivity index is 0.000000292. The molecule has 1 heterocycles. The van der Waals surface area contributed by atoms with Crippen LogP contribution in [0.2, 0.25) is 0 Å². The van der Waals surface area contributed by atoms with E-state index in [4.69, 9.17) is 0 Å². The second-order valence-electron chi connectivity index (χ2n) is 3.33. The van der Waals surface area contributed by atoms with Crippen LogP contribution >= 0.6 is 0 Å². The van der Waals surface area contributed by atoms with Crippen LogP contribution in [0.15, 0.2) is 0 Å². The molecule has 1 aliphatic heterocycles. The lowest BCUT2D eigenvalue weighted by molar-refractivity contribution is 0.262. The van der Waals surface area contributed by atoms with E-state index in [0.29, 0.717) is 0 Å². The zero-order chi connectivity index (χ0) is 11.2. The van der Waals surface area contributed by atoms with Gasteiger partial charge in [-0.2, -0.15) is 0 Å². The summed E-state index contributed by atoms with van der Waals surface area (Å²) in [6.45, 7) is 7.14. The fraction of sp³-hybridized carbons (Fsp3) is 1.00. The van der Waals surface area contributed by atoms with Crippen molar-refractivity contribution < 1.29 is 17.3 Å². The average molecular weight is 214 g/mol. The first kappa shape index (κ1) is 13.7. The van der Waals surface area contributed by atoms with E-state index in [-0.39, 0.29) is 0 Å². The zero-order valence-corrected chi connectivity index (χ0v) is 8.65. The molecule has 0 N–H and O–H groups in total. The van der Waals surface area contributed by atoms with Crippen LogP contribution in [-0.4, -0.2) is 31.3 Å². The van der Waals surface area contributed by atoms with Crippen molar-refractivity contribution in [3.63, 3.8) is 0 Å². The van der Waals surface area contributed by atoms with Crippen LogP contribution in [0.25, 0.3) is 0 Å². The second kappa shape index (κ2) is 6.27. The Morgan fingerprint density at radius 2 is 1.71 bits per heavy atom. The summed E-state index contributed by atoms with van der Waals surface area (Å²) in [6.07, 6.45) is 4.20. The van der Waals surface area contributed by atoms with E-state index in [1.165, 1.54) is 32.4 Å². The molecule has 0 aliphatic carbocycles. The highest BCUT2D eigenvalue weighted by Gasteiger charge is 2.20. The van der Waals surface area contributed by atoms with Crippen LogP contribution in [0.5, 0.6) is 0 Å². The predicted octanol–water partition coefficient (Wildman–Crippen LogP) is 3.18. The van der Waals surface area contributed by atoms with E-state index in [0.717, 1.165) is 6.04 Å². The summed E-state index contributed by atoms with van der Waals surface area (Å²) in [6, 6.07) is 0.912. The SMILES string of the molecule is CCC1CCCN1CC.F[B-](F)(F)F. The van der Waals surface area contributed by atoms with E-state index in [1.54, 1.807) is 0 Å². The van der Waals surface area contributed by atoms with Gasteiger partial charge in [-0.15, -0.1) is 0 Å². The van der Waals surface area contributed by atoms with E-state index in [2.05, 4.69) is 18.7 Å². The molecular formula is C8H17BF4N-. The summed E-state index contributed by atoms with van der Waals surface area (Å²) in [4.78, 5) is 2.58. The predicted molar refractivity (Wildman–Crippen MR) is 50.7 cm³/mol. The van der Waals surface area contributed by atoms with Crippen LogP contribution in [0.4, 0.5) is 17.3 Å². The van der Waals surface area contributed by atoms with Crippen LogP contribution in [0, 0.1) is 0 Å². The highest BCUT2D eigenvalue weighted by Crippen LogP contribution is 2.18. The first-order valence-electron chi connectivity index (χ1n) is 4.99. The molecule has 1 rings (SSSR count). The van der Waals surface area contributed by atoms with E-state index < -0.39 is 7.25 Å². The van der Waals surface area contributed by atoms with Crippen LogP contribution in [0.3, 0.4) is 0 Å². The van der Waals surface area contributed by atoms with E-state index in [1.807, 2.05) is 0 Å². The third kappa shape index (κ3) is 7.18. The van der Waals surface area contributed by atoms with Crippen LogP contribution < -0.4 is 0 Å². The van der Waals surface area contributed by atoms with Gasteiger partial charge in [0.1, 0.15) is 0 Å². The maximum Gasteiger partial charge on any atom is 0.673 e. The lowest BCUT2D eigenvalue weighted by Crippen LogP contribution is -2.28. The third-order valence-corrected chi connectivity index (χ3v) is 2.38. The number of likely N-dealkylation sites (tertiary alicyclic amines) is 1. The normalized spacial score (nSPS) is 23.1. The van der Waals surface area contributed by atoms with Crippen molar-refractivity contribution in [3.05, 3.63) is 0 Å². The molecule has 0 aromatic carbocycles. The van der Waals surface area contributed by atoms with Gasteiger partial charge in [0, 0.05) is 6.04 Å². The third-order valence-electron chi connectivity index (χ3n) is 2.38. The summed E-state index contributed by atoms with van der Waals surface area (Å²) in [5.41, 5.74) is 0. The number of rotatable bonds is 2. The number of hydrogen-bond acceptors (Lipinski definition) is 1. The lowest BCUT2D eigenvalue weighted by atomic mass is 10.2. The van der Waals surface area contributed by atoms with Gasteiger partial charge in [0.2, 0.25) is 0 Å². The molecule has 0 radical (unpaired) electrons. The van der Waals surface area contributed by atoms with Gasteiger partial charge in [-0.25, -0.2) is 0 Å². The Morgan fingerprint density at radius 3 is 2.00 bits per heavy atom. The molecule has 1 atom stereocenters. The molecule has 0 bridgehead atoms. The van der Waals surface area contributed by atoms with Gasteiger partial charge in [-0.3, -0.25) is 0 Å². The minimum atomic E-state index is -6.00. The molecule has 1 fully saturated rings. The van der Waals surface area contributed by atoms with Gasteiger partial charge in [0.05, 0.1) is 0 Å². The molecule has 1 unspecified atom stereocenters. The fourth-order valence-corrected chi connectivity index (χ4v) is 1.77. The van der Waals surface area contributed by atoms with Gasteiger partial charge in [0.25, 0.3) is 0 Å². The van der Waals surface area contributed by atoms with Crippen molar-refractivity contribution in [1.29, 1.82) is 0 Å². The van der Waals surface area contributed by atoms with Crippen molar-refractivity contribution in [2.75, 3.05) is 13.1 Å². The van der Waals surface area contributed by atoms with Gasteiger partial charge in [-0.05, 0) is 32.4 Å². The second-order valence-corrected chi connectivity index (χ2v) is 3.33. The maximum absolute atomic E-state index is 9.75. The summed E-state index contributed by atoms with van der Waals surface area (Å²) in [5.74, 6) is 0. The molecule has 6 heteroatoms. The van der Waals surface area contributed by atoms with Gasteiger partial charge >= 0.3 is 7.25 Å². The molecular weight excluding hydrogens is 197 g/mol. The molecule has 0 spiro atoms. The highest BCUT2D eigenvalue weighted by molar-refractivity contribution is 6.50. The van der Waals surface area contributed by atoms with Crippen LogP contribution in [0.1, 0.15) is 33.1 Å². The summed E-state index contributed by atoms with van der Waals surface area (Å²) in [5, 5.41) is 0.